The quantitative estimate of drug-likeness (QED) is 0.739. The number of carbonyl (C=O) groups excluding carboxylic acids is 1. The standard InChI is InChI=1S/C20H30NOP/c1-16-10-8-11-17(2)18(16)21-19(22)20(12-9-13-20)23(3)14-6-4-5-7-15-23/h8,10-11H,4-7,9,12-15H2,1-3H3/p+1. The van der Waals surface area contributed by atoms with Crippen molar-refractivity contribution in [3.8, 4) is 0 Å². The smallest absolute Gasteiger partial charge is 0.268 e. The Bertz CT molecular complexity index is 563. The van der Waals surface area contributed by atoms with E-state index in [0.29, 0.717) is 5.91 Å². The van der Waals surface area contributed by atoms with Gasteiger partial charge in [0, 0.05) is 19.6 Å². The van der Waals surface area contributed by atoms with Gasteiger partial charge in [-0.05, 0) is 69.9 Å². The second kappa shape index (κ2) is 6.55. The molecule has 1 saturated heterocycles. The molecule has 0 atom stereocenters. The number of para-hydroxylation sites is 1. The molecular formula is C20H31NOP+. The lowest BCUT2D eigenvalue weighted by molar-refractivity contribution is -0.120. The maximum Gasteiger partial charge on any atom is 0.268 e. The molecule has 1 aliphatic heterocycles. The van der Waals surface area contributed by atoms with Gasteiger partial charge in [-0.3, -0.25) is 4.79 Å². The predicted octanol–water partition coefficient (Wildman–Crippen LogP) is 5.39. The molecule has 1 aromatic carbocycles. The minimum Gasteiger partial charge on any atom is -0.322 e. The molecule has 1 amide bonds. The van der Waals surface area contributed by atoms with Crippen molar-refractivity contribution in [2.24, 2.45) is 0 Å². The second-order valence-electron chi connectivity index (χ2n) is 7.86. The van der Waals surface area contributed by atoms with Crippen LogP contribution in [0, 0.1) is 13.8 Å². The molecule has 1 N–H and O–H groups in total. The fourth-order valence-corrected chi connectivity index (χ4v) is 9.45. The van der Waals surface area contributed by atoms with Gasteiger partial charge in [-0.15, -0.1) is 0 Å². The van der Waals surface area contributed by atoms with Crippen molar-refractivity contribution in [2.45, 2.75) is 63.9 Å². The molecule has 2 fully saturated rings. The molecule has 2 aliphatic rings. The van der Waals surface area contributed by atoms with Crippen LogP contribution < -0.4 is 5.32 Å². The van der Waals surface area contributed by atoms with Crippen molar-refractivity contribution >= 4 is 18.9 Å². The molecule has 0 aromatic heterocycles. The van der Waals surface area contributed by atoms with E-state index in [2.05, 4.69) is 44.0 Å². The first-order valence-electron chi connectivity index (χ1n) is 9.21. The maximum absolute atomic E-state index is 13.4. The molecule has 126 valence electrons. The van der Waals surface area contributed by atoms with Gasteiger partial charge in [0.05, 0.1) is 12.3 Å². The molecule has 0 radical (unpaired) electrons. The second-order valence-corrected chi connectivity index (χ2v) is 12.4. The van der Waals surface area contributed by atoms with Gasteiger partial charge in [0.15, 0.2) is 5.16 Å². The molecule has 0 bridgehead atoms. The summed E-state index contributed by atoms with van der Waals surface area (Å²) in [4.78, 5) is 13.4. The van der Waals surface area contributed by atoms with E-state index in [0.717, 1.165) is 18.5 Å². The minimum atomic E-state index is -1.18. The molecule has 0 spiro atoms. The van der Waals surface area contributed by atoms with Gasteiger partial charge in [-0.25, -0.2) is 0 Å². The van der Waals surface area contributed by atoms with Gasteiger partial charge < -0.3 is 5.32 Å². The van der Waals surface area contributed by atoms with E-state index in [4.69, 9.17) is 0 Å². The Labute approximate surface area is 141 Å². The maximum atomic E-state index is 13.4. The molecule has 3 heteroatoms. The minimum absolute atomic E-state index is 0.0218. The zero-order valence-electron chi connectivity index (χ0n) is 15.0. The van der Waals surface area contributed by atoms with Gasteiger partial charge in [0.25, 0.3) is 5.91 Å². The Morgan fingerprint density at radius 3 is 2.04 bits per heavy atom. The average molecular weight is 332 g/mol. The Hall–Kier alpha value is -0.880. The third-order valence-electron chi connectivity index (χ3n) is 6.41. The van der Waals surface area contributed by atoms with E-state index < -0.39 is 7.26 Å². The highest BCUT2D eigenvalue weighted by Gasteiger charge is 2.62. The summed E-state index contributed by atoms with van der Waals surface area (Å²) in [6.45, 7) is 6.69. The highest BCUT2D eigenvalue weighted by molar-refractivity contribution is 7.77. The van der Waals surface area contributed by atoms with Crippen LogP contribution in [0.15, 0.2) is 18.2 Å². The number of aryl methyl sites for hydroxylation is 2. The third-order valence-corrected chi connectivity index (χ3v) is 11.7. The number of carbonyl (C=O) groups is 1. The van der Waals surface area contributed by atoms with Crippen molar-refractivity contribution in [1.82, 2.24) is 0 Å². The van der Waals surface area contributed by atoms with Crippen molar-refractivity contribution in [2.75, 3.05) is 24.3 Å². The van der Waals surface area contributed by atoms with Crippen LogP contribution in [0.1, 0.15) is 56.1 Å². The first kappa shape index (κ1) is 17.0. The molecule has 2 nitrogen and oxygen atoms in total. The van der Waals surface area contributed by atoms with Crippen LogP contribution in [0.25, 0.3) is 0 Å². The largest absolute Gasteiger partial charge is 0.322 e. The van der Waals surface area contributed by atoms with E-state index in [1.807, 2.05) is 0 Å². The number of hydrogen-bond donors (Lipinski definition) is 1. The topological polar surface area (TPSA) is 29.1 Å². The molecule has 1 heterocycles. The number of hydrogen-bond acceptors (Lipinski definition) is 1. The lowest BCUT2D eigenvalue weighted by atomic mass is 9.83. The summed E-state index contributed by atoms with van der Waals surface area (Å²) in [5.41, 5.74) is 3.40. The predicted molar refractivity (Wildman–Crippen MR) is 102 cm³/mol. The monoisotopic (exact) mass is 332 g/mol. The third kappa shape index (κ3) is 2.95. The molecule has 1 aliphatic carbocycles. The van der Waals surface area contributed by atoms with Crippen LogP contribution in [-0.2, 0) is 4.79 Å². The molecule has 3 rings (SSSR count). The normalized spacial score (nSPS) is 22.7. The summed E-state index contributed by atoms with van der Waals surface area (Å²) in [6.07, 6.45) is 11.5. The van der Waals surface area contributed by atoms with Crippen molar-refractivity contribution < 1.29 is 4.79 Å². The zero-order valence-corrected chi connectivity index (χ0v) is 15.8. The van der Waals surface area contributed by atoms with Gasteiger partial charge in [-0.2, -0.15) is 0 Å². The lowest BCUT2D eigenvalue weighted by Crippen LogP contribution is -2.51. The van der Waals surface area contributed by atoms with Crippen LogP contribution in [0.2, 0.25) is 0 Å². The van der Waals surface area contributed by atoms with E-state index in [-0.39, 0.29) is 5.16 Å². The summed E-state index contributed by atoms with van der Waals surface area (Å²) in [6, 6.07) is 6.26. The van der Waals surface area contributed by atoms with Gasteiger partial charge >= 0.3 is 0 Å². The number of amides is 1. The number of rotatable bonds is 3. The Kier molecular flexibility index (Phi) is 4.83. The fraction of sp³-hybridized carbons (Fsp3) is 0.650. The molecule has 1 aromatic rings. The lowest BCUT2D eigenvalue weighted by Gasteiger charge is -2.47. The first-order chi connectivity index (χ1) is 11.0. The van der Waals surface area contributed by atoms with E-state index >= 15 is 0 Å². The van der Waals surface area contributed by atoms with Gasteiger partial charge in [-0.1, -0.05) is 18.2 Å². The highest BCUT2D eigenvalue weighted by Crippen LogP contribution is 2.74. The first-order valence-corrected chi connectivity index (χ1v) is 11.8. The Morgan fingerprint density at radius 2 is 1.57 bits per heavy atom. The van der Waals surface area contributed by atoms with Crippen LogP contribution in [0.3, 0.4) is 0 Å². The SMILES string of the molecule is Cc1cccc(C)c1NC(=O)C1([P+]2(C)CCCCCC2)CCC1. The summed E-state index contributed by atoms with van der Waals surface area (Å²) >= 11 is 0. The summed E-state index contributed by atoms with van der Waals surface area (Å²) < 4.78 is 0. The van der Waals surface area contributed by atoms with Gasteiger partial charge in [0.1, 0.15) is 0 Å². The van der Waals surface area contributed by atoms with E-state index in [9.17, 15) is 4.79 Å². The van der Waals surface area contributed by atoms with E-state index in [1.165, 1.54) is 55.6 Å². The fourth-order valence-electron chi connectivity index (χ4n) is 4.58. The molecule has 1 saturated carbocycles. The van der Waals surface area contributed by atoms with Crippen LogP contribution in [0.5, 0.6) is 0 Å². The van der Waals surface area contributed by atoms with Crippen LogP contribution >= 0.6 is 7.26 Å². The van der Waals surface area contributed by atoms with Crippen molar-refractivity contribution in [1.29, 1.82) is 0 Å². The summed E-state index contributed by atoms with van der Waals surface area (Å²) in [5.74, 6) is 0.332. The van der Waals surface area contributed by atoms with E-state index in [1.54, 1.807) is 0 Å². The average Bonchev–Trinajstić information content (AvgIpc) is 2.67. The molecule has 0 unspecified atom stereocenters. The highest BCUT2D eigenvalue weighted by atomic mass is 31.2. The Morgan fingerprint density at radius 1 is 1.00 bits per heavy atom. The van der Waals surface area contributed by atoms with Crippen LogP contribution in [0.4, 0.5) is 5.69 Å². The zero-order chi connectivity index (χ0) is 16.5. The number of benzene rings is 1. The number of nitrogens with one attached hydrogen (secondary N) is 1. The van der Waals surface area contributed by atoms with Crippen molar-refractivity contribution in [3.63, 3.8) is 0 Å². The summed E-state index contributed by atoms with van der Waals surface area (Å²) in [5, 5.41) is 3.33. The van der Waals surface area contributed by atoms with Crippen molar-refractivity contribution in [3.05, 3.63) is 29.3 Å². The molecular weight excluding hydrogens is 301 g/mol. The summed E-state index contributed by atoms with van der Waals surface area (Å²) in [7, 11) is -1.18. The number of anilines is 1. The van der Waals surface area contributed by atoms with Gasteiger partial charge in [0.2, 0.25) is 0 Å². The molecule has 23 heavy (non-hydrogen) atoms. The van der Waals surface area contributed by atoms with Crippen LogP contribution in [-0.4, -0.2) is 30.1 Å². The Balaban J connectivity index is 1.86.